The van der Waals surface area contributed by atoms with Gasteiger partial charge >= 0.3 is 11.9 Å². The van der Waals surface area contributed by atoms with E-state index >= 15 is 0 Å². The van der Waals surface area contributed by atoms with Gasteiger partial charge in [-0.15, -0.1) is 0 Å². The standard InChI is InChI=1S/C34H50N2O4.C27H43NO4.C7H7N/c1-8-11-21-39-32(38)29(22-25(4)27-15-13-12-14-16-27)23-31(28-17-19-35-20-18-28)40-36-33(6,9-2)24-30(37)26(5)34(36,7)10-3;1-8-11-17-31-25(30)24(18-20(4)22-15-13-12-14-16-22)32-28-26(6,9-2)19-23(29)21(5)27(28,7)10-3;1-2-7-3-5-8-6-4-7/h12-20,25-26,29,31H,8-11,21-24H2,1-7H3;12-16,20-21,24H,8-11,17-19H2,1-7H3;2-6H,1H2. The summed E-state index contributed by atoms with van der Waals surface area (Å²) in [5, 5.41) is 4.12. The van der Waals surface area contributed by atoms with E-state index < -0.39 is 34.4 Å². The van der Waals surface area contributed by atoms with E-state index in [0.717, 1.165) is 62.5 Å². The molecule has 0 radical (unpaired) electrons. The van der Waals surface area contributed by atoms with Crippen molar-refractivity contribution in [1.29, 1.82) is 0 Å². The number of pyridine rings is 2. The van der Waals surface area contributed by atoms with Crippen LogP contribution in [0.15, 0.2) is 116 Å². The molecule has 12 heteroatoms. The molecule has 0 N–H and O–H groups in total. The van der Waals surface area contributed by atoms with Crippen molar-refractivity contribution in [2.45, 2.75) is 227 Å². The summed E-state index contributed by atoms with van der Waals surface area (Å²) < 4.78 is 11.4. The van der Waals surface area contributed by atoms with E-state index in [1.807, 2.05) is 79.6 Å². The number of piperidine rings is 2. The second-order valence-corrected chi connectivity index (χ2v) is 23.5. The topological polar surface area (TPSA) is 137 Å². The SMILES string of the molecule is C=Cc1ccncc1.CCCCOC(=O)C(CC(C)c1ccccc1)CC(ON1C(C)(CC)CC(=O)C(C)C1(C)CC)c1ccncc1.CCCCOC(=O)C(CC(C)c1ccccc1)ON1C(C)(CC)CC(=O)C(C)C1(C)CC. The maximum absolute atomic E-state index is 13.6. The van der Waals surface area contributed by atoms with Crippen LogP contribution in [0.1, 0.15) is 221 Å². The van der Waals surface area contributed by atoms with E-state index in [4.69, 9.17) is 19.1 Å². The van der Waals surface area contributed by atoms with Gasteiger partial charge < -0.3 is 9.47 Å². The van der Waals surface area contributed by atoms with Crippen LogP contribution in [0.25, 0.3) is 6.08 Å². The molecule has 2 aliphatic rings. The Morgan fingerprint density at radius 1 is 0.588 bits per heavy atom. The van der Waals surface area contributed by atoms with Gasteiger partial charge in [0.2, 0.25) is 0 Å². The number of carbonyl (C=O) groups excluding carboxylic acids is 4. The van der Waals surface area contributed by atoms with Crippen LogP contribution in [-0.2, 0) is 38.3 Å². The number of esters is 2. The molecular formula is C68H100N4O8. The van der Waals surface area contributed by atoms with Crippen molar-refractivity contribution >= 4 is 29.6 Å². The molecule has 80 heavy (non-hydrogen) atoms. The summed E-state index contributed by atoms with van der Waals surface area (Å²) in [5.41, 5.74) is 2.57. The Hall–Kier alpha value is -5.40. The van der Waals surface area contributed by atoms with Gasteiger partial charge in [-0.05, 0) is 144 Å². The molecule has 2 aliphatic heterocycles. The first-order valence-electron chi connectivity index (χ1n) is 30.0. The van der Waals surface area contributed by atoms with Crippen LogP contribution in [0.5, 0.6) is 0 Å². The van der Waals surface area contributed by atoms with Gasteiger partial charge in [-0.1, -0.05) is 155 Å². The Balaban J connectivity index is 0.000000307. The van der Waals surface area contributed by atoms with Gasteiger partial charge in [-0.3, -0.25) is 34.0 Å². The average Bonchev–Trinajstić information content (AvgIpc) is 3.63. The van der Waals surface area contributed by atoms with Crippen molar-refractivity contribution in [2.75, 3.05) is 13.2 Å². The molecule has 0 aliphatic carbocycles. The fourth-order valence-corrected chi connectivity index (χ4v) is 11.1. The molecule has 440 valence electrons. The first-order chi connectivity index (χ1) is 38.1. The number of Topliss-reactive ketones (excluding diaryl/α,β-unsaturated/α-hetero) is 2. The van der Waals surface area contributed by atoms with Crippen molar-refractivity contribution in [2.24, 2.45) is 17.8 Å². The van der Waals surface area contributed by atoms with Crippen LogP contribution in [-0.4, -0.2) is 85.1 Å². The molecule has 11 atom stereocenters. The van der Waals surface area contributed by atoms with E-state index in [0.29, 0.717) is 45.3 Å². The first-order valence-corrected chi connectivity index (χ1v) is 30.0. The lowest BCUT2D eigenvalue weighted by Crippen LogP contribution is -2.67. The van der Waals surface area contributed by atoms with Gasteiger partial charge in [-0.25, -0.2) is 4.79 Å². The zero-order chi connectivity index (χ0) is 59.1. The molecule has 2 aromatic carbocycles. The molecule has 2 saturated heterocycles. The summed E-state index contributed by atoms with van der Waals surface area (Å²) in [6.07, 6.45) is 16.9. The Labute approximate surface area is 482 Å². The van der Waals surface area contributed by atoms with Crippen molar-refractivity contribution in [3.63, 3.8) is 0 Å². The summed E-state index contributed by atoms with van der Waals surface area (Å²) in [6.45, 7) is 33.7. The quantitative estimate of drug-likeness (QED) is 0.0437. The van der Waals surface area contributed by atoms with Crippen LogP contribution in [0.4, 0.5) is 0 Å². The zero-order valence-electron chi connectivity index (χ0n) is 51.4. The van der Waals surface area contributed by atoms with E-state index in [-0.39, 0.29) is 53.1 Å². The lowest BCUT2D eigenvalue weighted by Gasteiger charge is -2.56. The molecule has 0 bridgehead atoms. The van der Waals surface area contributed by atoms with E-state index in [1.165, 1.54) is 11.1 Å². The number of nitrogens with zero attached hydrogens (tertiary/aromatic N) is 4. The number of benzene rings is 2. The summed E-state index contributed by atoms with van der Waals surface area (Å²) in [7, 11) is 0. The molecule has 2 fully saturated rings. The molecule has 0 spiro atoms. The normalized spacial score (nSPS) is 25.1. The maximum Gasteiger partial charge on any atom is 0.337 e. The number of ether oxygens (including phenoxy) is 2. The molecule has 4 heterocycles. The Morgan fingerprint density at radius 2 is 1.01 bits per heavy atom. The Morgan fingerprint density at radius 3 is 1.43 bits per heavy atom. The van der Waals surface area contributed by atoms with Gasteiger partial charge in [0.05, 0.1) is 41.3 Å². The van der Waals surface area contributed by atoms with Crippen LogP contribution in [0.3, 0.4) is 0 Å². The minimum absolute atomic E-state index is 0.129. The fraction of sp³-hybridized carbons (Fsp3) is 0.588. The second kappa shape index (κ2) is 32.3. The molecule has 0 amide bonds. The van der Waals surface area contributed by atoms with Gasteiger partial charge in [-0.2, -0.15) is 10.1 Å². The average molecular weight is 1100 g/mol. The largest absolute Gasteiger partial charge is 0.465 e. The number of rotatable bonds is 26. The highest BCUT2D eigenvalue weighted by Crippen LogP contribution is 2.48. The van der Waals surface area contributed by atoms with Crippen LogP contribution in [0, 0.1) is 17.8 Å². The number of aromatic nitrogens is 2. The predicted octanol–water partition coefficient (Wildman–Crippen LogP) is 15.6. The van der Waals surface area contributed by atoms with Crippen molar-refractivity contribution in [3.05, 3.63) is 139 Å². The summed E-state index contributed by atoms with van der Waals surface area (Å²) in [6, 6.07) is 28.3. The number of hydrogen-bond acceptors (Lipinski definition) is 12. The van der Waals surface area contributed by atoms with Gasteiger partial charge in [0.1, 0.15) is 17.7 Å². The highest BCUT2D eigenvalue weighted by molar-refractivity contribution is 5.85. The maximum atomic E-state index is 13.6. The van der Waals surface area contributed by atoms with E-state index in [2.05, 4.69) is 129 Å². The minimum Gasteiger partial charge on any atom is -0.465 e. The Bertz CT molecular complexity index is 2480. The Kier molecular flexibility index (Phi) is 27.1. The third-order valence-electron chi connectivity index (χ3n) is 17.8. The number of carbonyl (C=O) groups is 4. The van der Waals surface area contributed by atoms with Crippen LogP contribution >= 0.6 is 0 Å². The zero-order valence-corrected chi connectivity index (χ0v) is 51.4. The summed E-state index contributed by atoms with van der Waals surface area (Å²) >= 11 is 0. The monoisotopic (exact) mass is 1100 g/mol. The van der Waals surface area contributed by atoms with Crippen LogP contribution in [0.2, 0.25) is 0 Å². The smallest absolute Gasteiger partial charge is 0.337 e. The van der Waals surface area contributed by atoms with E-state index in [9.17, 15) is 19.2 Å². The third-order valence-corrected chi connectivity index (χ3v) is 17.8. The number of hydroxylamine groups is 4. The fourth-order valence-electron chi connectivity index (χ4n) is 11.1. The third kappa shape index (κ3) is 17.8. The van der Waals surface area contributed by atoms with Gasteiger partial charge in [0.25, 0.3) is 0 Å². The highest BCUT2D eigenvalue weighted by atomic mass is 16.7. The number of unbranched alkanes of at least 4 members (excludes halogenated alkanes) is 2. The van der Waals surface area contributed by atoms with E-state index in [1.54, 1.807) is 30.9 Å². The number of ketones is 2. The summed E-state index contributed by atoms with van der Waals surface area (Å²) in [4.78, 5) is 74.5. The highest BCUT2D eigenvalue weighted by Gasteiger charge is 2.56. The molecular weight excluding hydrogens is 1000 g/mol. The number of hydrogen-bond donors (Lipinski definition) is 0. The van der Waals surface area contributed by atoms with Crippen molar-refractivity contribution in [3.8, 4) is 0 Å². The summed E-state index contributed by atoms with van der Waals surface area (Å²) in [5.74, 6) is -0.322. The van der Waals surface area contributed by atoms with Crippen molar-refractivity contribution < 1.29 is 38.3 Å². The molecule has 2 aromatic heterocycles. The van der Waals surface area contributed by atoms with Gasteiger partial charge in [0.15, 0.2) is 6.10 Å². The predicted molar refractivity (Wildman–Crippen MR) is 322 cm³/mol. The minimum atomic E-state index is -0.723. The second-order valence-electron chi connectivity index (χ2n) is 23.5. The molecule has 0 saturated carbocycles. The van der Waals surface area contributed by atoms with Crippen LogP contribution < -0.4 is 0 Å². The lowest BCUT2D eigenvalue weighted by molar-refractivity contribution is -0.320. The van der Waals surface area contributed by atoms with Crippen molar-refractivity contribution in [1.82, 2.24) is 20.1 Å². The lowest BCUT2D eigenvalue weighted by atomic mass is 9.70. The first kappa shape index (κ1) is 67.1. The molecule has 4 aromatic rings. The molecule has 6 rings (SSSR count). The molecule has 11 unspecified atom stereocenters. The molecule has 12 nitrogen and oxygen atoms in total. The van der Waals surface area contributed by atoms with Gasteiger partial charge in [0, 0.05) is 49.5 Å².